The van der Waals surface area contributed by atoms with Crippen molar-refractivity contribution in [3.8, 4) is 0 Å². The third-order valence-electron chi connectivity index (χ3n) is 4.85. The van der Waals surface area contributed by atoms with E-state index in [-0.39, 0.29) is 30.2 Å². The third kappa shape index (κ3) is 6.48. The van der Waals surface area contributed by atoms with E-state index in [9.17, 15) is 14.0 Å². The molecule has 0 fully saturated rings. The Balaban J connectivity index is 1.79. The van der Waals surface area contributed by atoms with Crippen LogP contribution < -0.4 is 0 Å². The zero-order valence-electron chi connectivity index (χ0n) is 17.4. The van der Waals surface area contributed by atoms with Crippen LogP contribution in [0.1, 0.15) is 34.6 Å². The molecule has 2 aromatic carbocycles. The summed E-state index contributed by atoms with van der Waals surface area (Å²) in [4.78, 5) is 30.7. The van der Waals surface area contributed by atoms with Crippen LogP contribution in [0.4, 0.5) is 4.39 Å². The molecule has 3 rings (SSSR count). The van der Waals surface area contributed by atoms with Gasteiger partial charge in [0.2, 0.25) is 5.91 Å². The first-order valence-electron chi connectivity index (χ1n) is 9.94. The molecule has 1 aromatic heterocycles. The van der Waals surface area contributed by atoms with Crippen LogP contribution in [0.2, 0.25) is 0 Å². The molecular weight excluding hydrogens is 479 g/mol. The first-order chi connectivity index (χ1) is 14.8. The van der Waals surface area contributed by atoms with Crippen LogP contribution in [0.25, 0.3) is 0 Å². The highest BCUT2D eigenvalue weighted by molar-refractivity contribution is 9.10. The van der Waals surface area contributed by atoms with Gasteiger partial charge in [0.1, 0.15) is 12.4 Å². The highest BCUT2D eigenvalue weighted by atomic mass is 79.9. The van der Waals surface area contributed by atoms with Gasteiger partial charge in [0.15, 0.2) is 0 Å². The van der Waals surface area contributed by atoms with Gasteiger partial charge >= 0.3 is 0 Å². The first kappa shape index (κ1) is 23.2. The average Bonchev–Trinajstić information content (AvgIpc) is 3.26. The van der Waals surface area contributed by atoms with Crippen molar-refractivity contribution >= 4 is 39.1 Å². The molecule has 0 bridgehead atoms. The molecule has 0 spiro atoms. The van der Waals surface area contributed by atoms with E-state index in [4.69, 9.17) is 0 Å². The Morgan fingerprint density at radius 1 is 1.00 bits per heavy atom. The number of amides is 2. The Morgan fingerprint density at radius 3 is 2.26 bits per heavy atom. The standard InChI is InChI=1S/C24H24BrFN2O2S/c1-17(2)28(24(30)19-7-9-20(25)10-8-19)16-23(29)27(15-22-4-3-13-31-22)14-18-5-11-21(26)12-6-18/h3-13,17H,14-16H2,1-2H3. The van der Waals surface area contributed by atoms with Gasteiger partial charge in [0.05, 0.1) is 6.54 Å². The van der Waals surface area contributed by atoms with E-state index in [1.165, 1.54) is 12.1 Å². The van der Waals surface area contributed by atoms with Crippen molar-refractivity contribution in [1.82, 2.24) is 9.80 Å². The van der Waals surface area contributed by atoms with Gasteiger partial charge in [-0.15, -0.1) is 11.3 Å². The fourth-order valence-corrected chi connectivity index (χ4v) is 4.11. The monoisotopic (exact) mass is 502 g/mol. The van der Waals surface area contributed by atoms with E-state index in [0.717, 1.165) is 14.9 Å². The number of halogens is 2. The summed E-state index contributed by atoms with van der Waals surface area (Å²) < 4.78 is 14.2. The van der Waals surface area contributed by atoms with E-state index < -0.39 is 0 Å². The molecule has 0 aliphatic heterocycles. The van der Waals surface area contributed by atoms with Crippen molar-refractivity contribution in [2.75, 3.05) is 6.54 Å². The molecule has 1 heterocycles. The molecule has 3 aromatic rings. The minimum Gasteiger partial charge on any atom is -0.332 e. The van der Waals surface area contributed by atoms with Crippen LogP contribution in [0.5, 0.6) is 0 Å². The maximum absolute atomic E-state index is 13.3. The van der Waals surface area contributed by atoms with Crippen molar-refractivity contribution in [3.05, 3.63) is 92.3 Å². The Morgan fingerprint density at radius 2 is 1.68 bits per heavy atom. The minimum absolute atomic E-state index is 0.0286. The molecule has 0 atom stereocenters. The predicted octanol–water partition coefficient (Wildman–Crippen LogP) is 5.73. The number of rotatable bonds is 8. The Kier molecular flexibility index (Phi) is 7.98. The van der Waals surface area contributed by atoms with Crippen LogP contribution in [-0.4, -0.2) is 34.2 Å². The summed E-state index contributed by atoms with van der Waals surface area (Å²) in [6, 6.07) is 17.0. The van der Waals surface area contributed by atoms with Gasteiger partial charge in [-0.3, -0.25) is 9.59 Å². The van der Waals surface area contributed by atoms with Crippen molar-refractivity contribution < 1.29 is 14.0 Å². The topological polar surface area (TPSA) is 40.6 Å². The second kappa shape index (κ2) is 10.7. The first-order valence-corrected chi connectivity index (χ1v) is 11.6. The van der Waals surface area contributed by atoms with E-state index in [1.54, 1.807) is 45.4 Å². The molecule has 0 N–H and O–H groups in total. The van der Waals surface area contributed by atoms with Gasteiger partial charge in [0.25, 0.3) is 5.91 Å². The van der Waals surface area contributed by atoms with Gasteiger partial charge in [-0.05, 0) is 67.3 Å². The zero-order valence-corrected chi connectivity index (χ0v) is 19.8. The van der Waals surface area contributed by atoms with E-state index in [1.807, 2.05) is 43.5 Å². The molecule has 2 amide bonds. The molecule has 0 radical (unpaired) electrons. The Bertz CT molecular complexity index is 1010. The van der Waals surface area contributed by atoms with E-state index in [0.29, 0.717) is 18.7 Å². The lowest BCUT2D eigenvalue weighted by Gasteiger charge is -2.30. The maximum Gasteiger partial charge on any atom is 0.254 e. The molecule has 7 heteroatoms. The maximum atomic E-state index is 13.3. The van der Waals surface area contributed by atoms with Crippen molar-refractivity contribution in [2.45, 2.75) is 33.0 Å². The SMILES string of the molecule is CC(C)N(CC(=O)N(Cc1ccc(F)cc1)Cc1cccs1)C(=O)c1ccc(Br)cc1. The number of hydrogen-bond acceptors (Lipinski definition) is 3. The minimum atomic E-state index is -0.314. The zero-order chi connectivity index (χ0) is 22.4. The summed E-state index contributed by atoms with van der Waals surface area (Å²) in [7, 11) is 0. The number of thiophene rings is 1. The van der Waals surface area contributed by atoms with Crippen LogP contribution in [0.15, 0.2) is 70.5 Å². The molecule has 0 aliphatic carbocycles. The fraction of sp³-hybridized carbons (Fsp3) is 0.250. The summed E-state index contributed by atoms with van der Waals surface area (Å²) in [5.41, 5.74) is 1.37. The van der Waals surface area contributed by atoms with Crippen molar-refractivity contribution in [2.24, 2.45) is 0 Å². The molecule has 31 heavy (non-hydrogen) atoms. The van der Waals surface area contributed by atoms with Gasteiger partial charge in [-0.2, -0.15) is 0 Å². The predicted molar refractivity (Wildman–Crippen MR) is 125 cm³/mol. The fourth-order valence-electron chi connectivity index (χ4n) is 3.13. The molecule has 4 nitrogen and oxygen atoms in total. The molecule has 0 unspecified atom stereocenters. The van der Waals surface area contributed by atoms with Crippen molar-refractivity contribution in [1.29, 1.82) is 0 Å². The van der Waals surface area contributed by atoms with E-state index >= 15 is 0 Å². The lowest BCUT2D eigenvalue weighted by Crippen LogP contribution is -2.45. The van der Waals surface area contributed by atoms with Gasteiger partial charge in [-0.25, -0.2) is 4.39 Å². The molecule has 0 saturated carbocycles. The van der Waals surface area contributed by atoms with Crippen molar-refractivity contribution in [3.63, 3.8) is 0 Å². The normalized spacial score (nSPS) is 10.9. The second-order valence-corrected chi connectivity index (χ2v) is 9.44. The van der Waals surface area contributed by atoms with Crippen LogP contribution >= 0.6 is 27.3 Å². The Labute approximate surface area is 194 Å². The van der Waals surface area contributed by atoms with Crippen LogP contribution in [0.3, 0.4) is 0 Å². The van der Waals surface area contributed by atoms with Crippen LogP contribution in [-0.2, 0) is 17.9 Å². The number of hydrogen-bond donors (Lipinski definition) is 0. The quantitative estimate of drug-likeness (QED) is 0.394. The van der Waals surface area contributed by atoms with Gasteiger partial charge < -0.3 is 9.80 Å². The molecular formula is C24H24BrFN2O2S. The highest BCUT2D eigenvalue weighted by Crippen LogP contribution is 2.18. The number of nitrogens with zero attached hydrogens (tertiary/aromatic N) is 2. The average molecular weight is 503 g/mol. The molecule has 162 valence electrons. The lowest BCUT2D eigenvalue weighted by molar-refractivity contribution is -0.133. The molecule has 0 aliphatic rings. The highest BCUT2D eigenvalue weighted by Gasteiger charge is 2.25. The number of benzene rings is 2. The largest absolute Gasteiger partial charge is 0.332 e. The number of carbonyl (C=O) groups is 2. The van der Waals surface area contributed by atoms with Gasteiger partial charge in [0, 0.05) is 27.5 Å². The lowest BCUT2D eigenvalue weighted by atomic mass is 10.1. The third-order valence-corrected chi connectivity index (χ3v) is 6.24. The summed E-state index contributed by atoms with van der Waals surface area (Å²) in [5.74, 6) is -0.656. The summed E-state index contributed by atoms with van der Waals surface area (Å²) in [6.45, 7) is 4.54. The van der Waals surface area contributed by atoms with Gasteiger partial charge in [-0.1, -0.05) is 34.1 Å². The van der Waals surface area contributed by atoms with E-state index in [2.05, 4.69) is 15.9 Å². The number of carbonyl (C=O) groups excluding carboxylic acids is 2. The Hall–Kier alpha value is -2.51. The smallest absolute Gasteiger partial charge is 0.254 e. The molecule has 0 saturated heterocycles. The summed E-state index contributed by atoms with van der Waals surface area (Å²) in [6.07, 6.45) is 0. The summed E-state index contributed by atoms with van der Waals surface area (Å²) in [5, 5.41) is 1.97. The van der Waals surface area contributed by atoms with Crippen LogP contribution in [0, 0.1) is 5.82 Å². The second-order valence-electron chi connectivity index (χ2n) is 7.49. The summed E-state index contributed by atoms with van der Waals surface area (Å²) >= 11 is 4.95.